The zero-order valence-corrected chi connectivity index (χ0v) is 9.41. The number of rotatable bonds is 2. The quantitative estimate of drug-likeness (QED) is 0.787. The first-order valence-electron chi connectivity index (χ1n) is 6.18. The third-order valence-corrected chi connectivity index (χ3v) is 3.42. The molecule has 2 atom stereocenters. The zero-order valence-electron chi connectivity index (χ0n) is 9.41. The fraction of sp³-hybridized carbons (Fsp3) is 0.818. The number of H-pyrrole nitrogens is 1. The van der Waals surface area contributed by atoms with Gasteiger partial charge in [-0.2, -0.15) is 5.10 Å². The average molecular weight is 222 g/mol. The summed E-state index contributed by atoms with van der Waals surface area (Å²) in [7, 11) is 0. The van der Waals surface area contributed by atoms with Crippen molar-refractivity contribution in [1.82, 2.24) is 20.5 Å². The highest BCUT2D eigenvalue weighted by molar-refractivity contribution is 5.02. The maximum atomic E-state index is 5.59. The first kappa shape index (κ1) is 10.2. The van der Waals surface area contributed by atoms with Crippen LogP contribution in [-0.2, 0) is 4.74 Å². The maximum absolute atomic E-state index is 5.59. The molecular formula is C11H18N4O. The number of nitrogens with zero attached hydrogens (tertiary/aromatic N) is 2. The van der Waals surface area contributed by atoms with E-state index in [-0.39, 0.29) is 6.10 Å². The van der Waals surface area contributed by atoms with Gasteiger partial charge in [-0.25, -0.2) is 4.98 Å². The molecule has 0 bridgehead atoms. The molecule has 88 valence electrons. The number of nitrogens with one attached hydrogen (secondary N) is 2. The van der Waals surface area contributed by atoms with Crippen LogP contribution in [0.3, 0.4) is 0 Å². The number of aromatic nitrogens is 3. The number of hydrogen-bond donors (Lipinski definition) is 2. The summed E-state index contributed by atoms with van der Waals surface area (Å²) in [6, 6.07) is 0. The molecule has 3 rings (SSSR count). The van der Waals surface area contributed by atoms with Gasteiger partial charge in [0, 0.05) is 19.1 Å². The van der Waals surface area contributed by atoms with Gasteiger partial charge in [0.2, 0.25) is 0 Å². The van der Waals surface area contributed by atoms with Crippen molar-refractivity contribution in [2.75, 3.05) is 19.7 Å². The molecule has 2 saturated heterocycles. The van der Waals surface area contributed by atoms with E-state index in [1.807, 2.05) is 0 Å². The second-order valence-corrected chi connectivity index (χ2v) is 4.62. The largest absolute Gasteiger partial charge is 0.370 e. The molecule has 2 unspecified atom stereocenters. The van der Waals surface area contributed by atoms with E-state index in [1.54, 1.807) is 0 Å². The van der Waals surface area contributed by atoms with Crippen LogP contribution in [0, 0.1) is 0 Å². The standard InChI is InChI=1S/C11H18N4O/c1-3-8(7-12-5-1)10-13-11(15-14-10)9-4-2-6-16-9/h8-9,12H,1-7H2,(H,13,14,15). The van der Waals surface area contributed by atoms with Crippen molar-refractivity contribution in [3.8, 4) is 0 Å². The Hall–Kier alpha value is -0.940. The highest BCUT2D eigenvalue weighted by Gasteiger charge is 2.24. The third kappa shape index (κ3) is 1.97. The molecule has 2 N–H and O–H groups in total. The monoisotopic (exact) mass is 222 g/mol. The van der Waals surface area contributed by atoms with Crippen LogP contribution in [-0.4, -0.2) is 34.9 Å². The van der Waals surface area contributed by atoms with Gasteiger partial charge >= 0.3 is 0 Å². The van der Waals surface area contributed by atoms with Gasteiger partial charge in [-0.15, -0.1) is 0 Å². The van der Waals surface area contributed by atoms with E-state index >= 15 is 0 Å². The molecule has 0 spiro atoms. The minimum absolute atomic E-state index is 0.151. The van der Waals surface area contributed by atoms with Gasteiger partial charge < -0.3 is 10.1 Å². The van der Waals surface area contributed by atoms with Gasteiger partial charge in [-0.1, -0.05) is 0 Å². The topological polar surface area (TPSA) is 62.8 Å². The van der Waals surface area contributed by atoms with Gasteiger partial charge in [0.05, 0.1) is 0 Å². The van der Waals surface area contributed by atoms with Crippen LogP contribution in [0.2, 0.25) is 0 Å². The Morgan fingerprint density at radius 2 is 2.25 bits per heavy atom. The first-order valence-corrected chi connectivity index (χ1v) is 6.18. The Morgan fingerprint density at radius 3 is 3.00 bits per heavy atom. The number of piperidine rings is 1. The molecule has 0 aromatic carbocycles. The van der Waals surface area contributed by atoms with Crippen molar-refractivity contribution in [2.24, 2.45) is 0 Å². The summed E-state index contributed by atoms with van der Waals surface area (Å²) in [6.07, 6.45) is 4.76. The highest BCUT2D eigenvalue weighted by Crippen LogP contribution is 2.27. The molecule has 0 aliphatic carbocycles. The Bertz CT molecular complexity index is 340. The summed E-state index contributed by atoms with van der Waals surface area (Å²) in [5.74, 6) is 2.34. The number of aromatic amines is 1. The molecule has 0 amide bonds. The summed E-state index contributed by atoms with van der Waals surface area (Å²) in [5.41, 5.74) is 0. The highest BCUT2D eigenvalue weighted by atomic mass is 16.5. The van der Waals surface area contributed by atoms with Crippen molar-refractivity contribution in [2.45, 2.75) is 37.7 Å². The third-order valence-electron chi connectivity index (χ3n) is 3.42. The van der Waals surface area contributed by atoms with Crippen molar-refractivity contribution < 1.29 is 4.74 Å². The summed E-state index contributed by atoms with van der Waals surface area (Å²) >= 11 is 0. The van der Waals surface area contributed by atoms with E-state index in [2.05, 4.69) is 20.5 Å². The van der Waals surface area contributed by atoms with Crippen LogP contribution in [0.15, 0.2) is 0 Å². The zero-order chi connectivity index (χ0) is 10.8. The van der Waals surface area contributed by atoms with Crippen LogP contribution in [0.5, 0.6) is 0 Å². The predicted octanol–water partition coefficient (Wildman–Crippen LogP) is 1.12. The van der Waals surface area contributed by atoms with E-state index in [9.17, 15) is 0 Å². The maximum Gasteiger partial charge on any atom is 0.155 e. The number of ether oxygens (including phenoxy) is 1. The van der Waals surface area contributed by atoms with E-state index in [4.69, 9.17) is 4.74 Å². The molecule has 0 saturated carbocycles. The van der Waals surface area contributed by atoms with Gasteiger partial charge in [0.1, 0.15) is 6.10 Å². The van der Waals surface area contributed by atoms with Crippen LogP contribution >= 0.6 is 0 Å². The Balaban J connectivity index is 1.71. The predicted molar refractivity (Wildman–Crippen MR) is 59.2 cm³/mol. The van der Waals surface area contributed by atoms with E-state index in [0.29, 0.717) is 5.92 Å². The lowest BCUT2D eigenvalue weighted by atomic mass is 9.99. The second kappa shape index (κ2) is 4.51. The van der Waals surface area contributed by atoms with Crippen LogP contribution in [0.4, 0.5) is 0 Å². The first-order chi connectivity index (χ1) is 7.93. The summed E-state index contributed by atoms with van der Waals surface area (Å²) in [6.45, 7) is 2.98. The molecule has 5 heteroatoms. The lowest BCUT2D eigenvalue weighted by molar-refractivity contribution is 0.105. The Morgan fingerprint density at radius 1 is 1.25 bits per heavy atom. The van der Waals surface area contributed by atoms with Gasteiger partial charge in [0.15, 0.2) is 11.6 Å². The van der Waals surface area contributed by atoms with Crippen LogP contribution < -0.4 is 5.32 Å². The fourth-order valence-electron chi connectivity index (χ4n) is 2.48. The molecule has 2 aliphatic heterocycles. The van der Waals surface area contributed by atoms with Crippen LogP contribution in [0.1, 0.15) is 49.4 Å². The van der Waals surface area contributed by atoms with Gasteiger partial charge in [0.25, 0.3) is 0 Å². The number of hydrogen-bond acceptors (Lipinski definition) is 4. The molecular weight excluding hydrogens is 204 g/mol. The molecule has 5 nitrogen and oxygen atoms in total. The summed E-state index contributed by atoms with van der Waals surface area (Å²) < 4.78 is 5.59. The van der Waals surface area contributed by atoms with E-state index in [0.717, 1.165) is 44.2 Å². The summed E-state index contributed by atoms with van der Waals surface area (Å²) in [4.78, 5) is 4.58. The molecule has 1 aromatic rings. The average Bonchev–Trinajstić information content (AvgIpc) is 3.01. The minimum atomic E-state index is 0.151. The van der Waals surface area contributed by atoms with Crippen LogP contribution in [0.25, 0.3) is 0 Å². The smallest absolute Gasteiger partial charge is 0.155 e. The molecule has 2 aliphatic rings. The van der Waals surface area contributed by atoms with Gasteiger partial charge in [-0.3, -0.25) is 5.10 Å². The van der Waals surface area contributed by atoms with Crippen molar-refractivity contribution in [1.29, 1.82) is 0 Å². The van der Waals surface area contributed by atoms with Crippen molar-refractivity contribution in [3.05, 3.63) is 11.6 Å². The lowest BCUT2D eigenvalue weighted by Crippen LogP contribution is -2.28. The summed E-state index contributed by atoms with van der Waals surface area (Å²) in [5, 5.41) is 10.7. The van der Waals surface area contributed by atoms with E-state index in [1.165, 1.54) is 12.8 Å². The molecule has 0 radical (unpaired) electrons. The van der Waals surface area contributed by atoms with Crippen molar-refractivity contribution >= 4 is 0 Å². The molecule has 1 aromatic heterocycles. The Labute approximate surface area is 95.0 Å². The van der Waals surface area contributed by atoms with Crippen molar-refractivity contribution in [3.63, 3.8) is 0 Å². The fourth-order valence-corrected chi connectivity index (χ4v) is 2.48. The lowest BCUT2D eigenvalue weighted by Gasteiger charge is -2.19. The normalized spacial score (nSPS) is 30.8. The molecule has 2 fully saturated rings. The minimum Gasteiger partial charge on any atom is -0.370 e. The SMILES string of the molecule is C1CNCC(c2n[nH]c(C3CCCO3)n2)C1. The second-order valence-electron chi connectivity index (χ2n) is 4.62. The molecule has 3 heterocycles. The Kier molecular flexibility index (Phi) is 2.88. The molecule has 16 heavy (non-hydrogen) atoms. The van der Waals surface area contributed by atoms with Gasteiger partial charge in [-0.05, 0) is 32.2 Å². The van der Waals surface area contributed by atoms with E-state index < -0.39 is 0 Å².